The van der Waals surface area contributed by atoms with Crippen LogP contribution >= 0.6 is 11.8 Å². The molecule has 1 heterocycles. The summed E-state index contributed by atoms with van der Waals surface area (Å²) >= 11 is 0.626. The van der Waals surface area contributed by atoms with E-state index in [-0.39, 0.29) is 43.8 Å². The minimum Gasteiger partial charge on any atom is -0.481 e. The monoisotopic (exact) mass is 976 g/mol. The summed E-state index contributed by atoms with van der Waals surface area (Å²) < 4.78 is 31.5. The van der Waals surface area contributed by atoms with Gasteiger partial charge in [0.25, 0.3) is 0 Å². The number of aliphatic carboxylic acids is 3. The first-order valence-electron chi connectivity index (χ1n) is 21.6. The predicted octanol–water partition coefficient (Wildman–Crippen LogP) is 0.976. The van der Waals surface area contributed by atoms with Gasteiger partial charge in [0.1, 0.15) is 34.7 Å². The first kappa shape index (κ1) is 56.3. The summed E-state index contributed by atoms with van der Waals surface area (Å²) in [5.74, 6) is -8.90. The van der Waals surface area contributed by atoms with E-state index in [1.165, 1.54) is 6.92 Å². The Balaban J connectivity index is 1.68. The third kappa shape index (κ3) is 17.6. The van der Waals surface area contributed by atoms with Gasteiger partial charge in [-0.1, -0.05) is 51.1 Å². The Labute approximate surface area is 396 Å². The van der Waals surface area contributed by atoms with Gasteiger partial charge < -0.3 is 62.8 Å². The van der Waals surface area contributed by atoms with E-state index in [0.29, 0.717) is 29.6 Å². The number of benzene rings is 2. The number of nitrogens with zero attached hydrogens (tertiary/aromatic N) is 2. The summed E-state index contributed by atoms with van der Waals surface area (Å²) in [6, 6.07) is 9.58. The third-order valence-electron chi connectivity index (χ3n) is 10.6. The van der Waals surface area contributed by atoms with Crippen LogP contribution in [0.3, 0.4) is 0 Å². The highest BCUT2D eigenvalue weighted by atomic mass is 32.2. The van der Waals surface area contributed by atoms with E-state index in [4.69, 9.17) is 16.6 Å². The van der Waals surface area contributed by atoms with E-state index in [0.717, 1.165) is 23.8 Å². The number of thioether (sulfide) groups is 1. The van der Waals surface area contributed by atoms with E-state index < -0.39 is 120 Å². The zero-order valence-corrected chi connectivity index (χ0v) is 39.1. The predicted molar refractivity (Wildman–Crippen MR) is 246 cm³/mol. The lowest BCUT2D eigenvalue weighted by Gasteiger charge is -2.47. The summed E-state index contributed by atoms with van der Waals surface area (Å²) in [5, 5.41) is 57.9. The number of hydrogen-bond acceptors (Lipinski definition) is 13. The Morgan fingerprint density at radius 3 is 2.06 bits per heavy atom. The van der Waals surface area contributed by atoms with E-state index in [2.05, 4.69) is 21.3 Å². The molecular weight excluding hydrogens is 915 g/mol. The maximum atomic E-state index is 15.2. The van der Waals surface area contributed by atoms with Crippen LogP contribution in [0.1, 0.15) is 70.7 Å². The molecule has 1 aromatic heterocycles. The molecule has 68 heavy (non-hydrogen) atoms. The van der Waals surface area contributed by atoms with Crippen LogP contribution in [0.2, 0.25) is 0 Å². The van der Waals surface area contributed by atoms with Gasteiger partial charge in [-0.05, 0) is 55.0 Å². The fraction of sp³-hybridized carbons (Fsp3) is 0.489. The van der Waals surface area contributed by atoms with Gasteiger partial charge in [0.15, 0.2) is 0 Å². The number of nitrogens with two attached hydrogens (primary N) is 2. The number of carboxylic acid groups (broad SMARTS) is 3. The molecule has 374 valence electrons. The van der Waals surface area contributed by atoms with Gasteiger partial charge in [-0.2, -0.15) is 0 Å². The number of nitrogens with one attached hydrogen (secondary N) is 4. The number of amides is 4. The second-order valence-corrected chi connectivity index (χ2v) is 18.6. The largest absolute Gasteiger partial charge is 0.481 e. The van der Waals surface area contributed by atoms with Crippen molar-refractivity contribution < 1.29 is 67.9 Å². The highest BCUT2D eigenvalue weighted by molar-refractivity contribution is 8.00. The molecule has 0 aliphatic heterocycles. The summed E-state index contributed by atoms with van der Waals surface area (Å²) in [5.41, 5.74) is 11.0. The van der Waals surface area contributed by atoms with Crippen molar-refractivity contribution in [3.8, 4) is 11.1 Å². The molecule has 0 radical (unpaired) electrons. The minimum atomic E-state index is -1.88. The average molecular weight is 977 g/mol. The molecule has 0 bridgehead atoms. The Morgan fingerprint density at radius 1 is 0.824 bits per heavy atom. The number of aromatic nitrogens is 1. The quantitative estimate of drug-likeness (QED) is 0.0357. The van der Waals surface area contributed by atoms with Crippen LogP contribution in [0.4, 0.5) is 8.78 Å². The second kappa shape index (κ2) is 26.0. The van der Waals surface area contributed by atoms with E-state index in [1.54, 1.807) is 17.2 Å². The molecule has 13 N–H and O–H groups in total. The summed E-state index contributed by atoms with van der Waals surface area (Å²) in [7, 11) is 0. The Morgan fingerprint density at radius 2 is 1.47 bits per heavy atom. The minimum absolute atomic E-state index is 0.0207. The normalized spacial score (nSPS) is 14.7. The van der Waals surface area contributed by atoms with Gasteiger partial charge >= 0.3 is 17.9 Å². The van der Waals surface area contributed by atoms with Gasteiger partial charge in [0.2, 0.25) is 23.6 Å². The molecule has 2 unspecified atom stereocenters. The number of rotatable bonds is 28. The number of carbonyl (C=O) groups excluding carboxylic acids is 4. The number of carbonyl (C=O) groups is 7. The maximum Gasteiger partial charge on any atom is 0.321 e. The lowest BCUT2D eigenvalue weighted by molar-refractivity contribution is -0.162. The van der Waals surface area contributed by atoms with E-state index in [1.807, 2.05) is 55.7 Å². The third-order valence-corrected chi connectivity index (χ3v) is 11.9. The van der Waals surface area contributed by atoms with Crippen molar-refractivity contribution in [1.29, 1.82) is 0 Å². The Hall–Kier alpha value is -5.98. The number of aliphatic hydroxyl groups excluding tert-OH is 1. The van der Waals surface area contributed by atoms with Crippen molar-refractivity contribution in [3.63, 3.8) is 0 Å². The number of halogens is 2. The van der Waals surface area contributed by atoms with Crippen molar-refractivity contribution in [2.24, 2.45) is 16.9 Å². The molecule has 0 saturated carbocycles. The zero-order valence-electron chi connectivity index (χ0n) is 38.2. The molecule has 6 atom stereocenters. The highest BCUT2D eigenvalue weighted by Gasteiger charge is 2.43. The zero-order chi connectivity index (χ0) is 50.9. The molecule has 2 aromatic carbocycles. The molecular formula is C45H62F2N8O12S. The van der Waals surface area contributed by atoms with Crippen LogP contribution in [-0.4, -0.2) is 144 Å². The molecule has 0 fully saturated rings. The van der Waals surface area contributed by atoms with E-state index in [9.17, 15) is 58.4 Å². The van der Waals surface area contributed by atoms with Gasteiger partial charge in [-0.15, -0.1) is 11.8 Å². The second-order valence-electron chi connectivity index (χ2n) is 17.3. The van der Waals surface area contributed by atoms with Crippen molar-refractivity contribution in [2.75, 3.05) is 38.5 Å². The molecule has 3 rings (SSSR count). The molecule has 4 amide bonds. The summed E-state index contributed by atoms with van der Waals surface area (Å²) in [4.78, 5) is 86.7. The molecule has 0 aliphatic rings. The molecule has 20 nitrogen and oxygen atoms in total. The van der Waals surface area contributed by atoms with E-state index >= 15 is 4.39 Å². The van der Waals surface area contributed by atoms with Crippen LogP contribution < -0.4 is 32.7 Å². The van der Waals surface area contributed by atoms with Gasteiger partial charge in [-0.25, -0.2) is 8.78 Å². The van der Waals surface area contributed by atoms with Gasteiger partial charge in [0.05, 0.1) is 25.2 Å². The van der Waals surface area contributed by atoms with Crippen molar-refractivity contribution in [1.82, 2.24) is 30.7 Å². The number of carboxylic acids is 3. The lowest BCUT2D eigenvalue weighted by Crippen LogP contribution is -2.56. The standard InChI is InChI=1S/C45H62F2N8O12S/c1-44(2,3)39(34-18-27(29-19-28(46)10-11-30(29)47)23-54(34)22-26-8-6-5-7-9-26)55(45(4,67)25-56)17-14-31(48)40(61)50-15-16-51-41(62)33(12-13-38(59)60)53-37(58)21-52-36(57)20-35(43(65)66)68-24-32(49)42(63)64/h5-11,18-19,23,31-33,35,39,56,67H,12-17,20-22,24-25,48-49H2,1-4H3,(H,50,61)(H,51,62)(H,52,57)(H,53,58)(H,59,60)(H,63,64)(H,65,66)/t31-,32?,33+,35-,39-,45?/m0/s1. The fourth-order valence-electron chi connectivity index (χ4n) is 7.10. The molecule has 23 heteroatoms. The average Bonchev–Trinajstić information content (AvgIpc) is 3.67. The fourth-order valence-corrected chi connectivity index (χ4v) is 8.09. The van der Waals surface area contributed by atoms with Crippen LogP contribution in [0.15, 0.2) is 60.8 Å². The SMILES string of the molecule is CC(C)(C)[C@H](c1cc(-c2cc(F)ccc2F)cn1Cc1ccccc1)N(CC[C@H](N)C(=O)NCCNC(=O)[C@@H](CCC(=O)O)NC(=O)CNC(=O)C[C@H](SCC(N)C(=O)O)C(=O)O)C(C)(O)CO. The smallest absolute Gasteiger partial charge is 0.321 e. The highest BCUT2D eigenvalue weighted by Crippen LogP contribution is 2.43. The van der Waals surface area contributed by atoms with Crippen molar-refractivity contribution >= 4 is 53.3 Å². The Bertz CT molecular complexity index is 2230. The summed E-state index contributed by atoms with van der Waals surface area (Å²) in [6.07, 6.45) is 0.113. The van der Waals surface area contributed by atoms with Gasteiger partial charge in [0, 0.05) is 67.8 Å². The Kier molecular flexibility index (Phi) is 21.5. The maximum absolute atomic E-state index is 15.2. The first-order valence-corrected chi connectivity index (χ1v) is 22.6. The van der Waals surface area contributed by atoms with Crippen LogP contribution in [0, 0.1) is 17.0 Å². The van der Waals surface area contributed by atoms with Crippen LogP contribution in [0.25, 0.3) is 11.1 Å². The van der Waals surface area contributed by atoms with Crippen LogP contribution in [0.5, 0.6) is 0 Å². The van der Waals surface area contributed by atoms with Crippen molar-refractivity contribution in [3.05, 3.63) is 83.7 Å². The van der Waals surface area contributed by atoms with Crippen LogP contribution in [-0.2, 0) is 40.1 Å². The topological polar surface area (TPSA) is 329 Å². The molecule has 0 spiro atoms. The lowest BCUT2D eigenvalue weighted by atomic mass is 9.81. The first-order chi connectivity index (χ1) is 31.8. The molecule has 3 aromatic rings. The summed E-state index contributed by atoms with van der Waals surface area (Å²) in [6.45, 7) is 5.58. The van der Waals surface area contributed by atoms with Crippen molar-refractivity contribution in [2.45, 2.75) is 95.1 Å². The molecule has 0 saturated heterocycles. The molecule has 0 aliphatic carbocycles. The van der Waals surface area contributed by atoms with Gasteiger partial charge in [-0.3, -0.25) is 38.5 Å². The number of hydrogen-bond donors (Lipinski definition) is 11. The number of aliphatic hydroxyl groups is 2.